The molecule has 1 fully saturated rings. The SMILES string of the molecule is CCOC(=O)N1CCN(C(=S)NC(C)(C)C)CC1. The molecule has 18 heavy (non-hydrogen) atoms. The Kier molecular flexibility index (Phi) is 5.19. The zero-order valence-corrected chi connectivity index (χ0v) is 12.5. The highest BCUT2D eigenvalue weighted by atomic mass is 32.1. The van der Waals surface area contributed by atoms with Crippen molar-refractivity contribution >= 4 is 23.4 Å². The van der Waals surface area contributed by atoms with Crippen LogP contribution < -0.4 is 5.32 Å². The summed E-state index contributed by atoms with van der Waals surface area (Å²) in [5.74, 6) is 0. The fraction of sp³-hybridized carbons (Fsp3) is 0.833. The van der Waals surface area contributed by atoms with Crippen molar-refractivity contribution in [2.75, 3.05) is 32.8 Å². The van der Waals surface area contributed by atoms with E-state index in [0.717, 1.165) is 18.2 Å². The minimum absolute atomic E-state index is 0.0324. The van der Waals surface area contributed by atoms with Crippen LogP contribution in [-0.2, 0) is 4.74 Å². The fourth-order valence-electron chi connectivity index (χ4n) is 1.71. The summed E-state index contributed by atoms with van der Waals surface area (Å²) in [5, 5.41) is 4.04. The van der Waals surface area contributed by atoms with Crippen LogP contribution in [0, 0.1) is 0 Å². The predicted octanol–water partition coefficient (Wildman–Crippen LogP) is 1.43. The molecule has 5 nitrogen and oxygen atoms in total. The molecule has 104 valence electrons. The van der Waals surface area contributed by atoms with Crippen LogP contribution in [0.5, 0.6) is 0 Å². The standard InChI is InChI=1S/C12H23N3O2S/c1-5-17-11(16)15-8-6-14(7-9-15)10(18)13-12(2,3)4/h5-9H2,1-4H3,(H,13,18). The number of carbonyl (C=O) groups excluding carboxylic acids is 1. The van der Waals surface area contributed by atoms with Crippen molar-refractivity contribution < 1.29 is 9.53 Å². The zero-order valence-electron chi connectivity index (χ0n) is 11.7. The first-order chi connectivity index (χ1) is 8.33. The van der Waals surface area contributed by atoms with Crippen molar-refractivity contribution in [1.82, 2.24) is 15.1 Å². The molecule has 0 spiro atoms. The molecule has 0 bridgehead atoms. The van der Waals surface area contributed by atoms with Crippen molar-refractivity contribution in [3.63, 3.8) is 0 Å². The van der Waals surface area contributed by atoms with Crippen LogP contribution in [0.15, 0.2) is 0 Å². The minimum atomic E-state index is -0.230. The van der Waals surface area contributed by atoms with Gasteiger partial charge in [-0.2, -0.15) is 0 Å². The van der Waals surface area contributed by atoms with Crippen LogP contribution in [0.2, 0.25) is 0 Å². The normalized spacial score (nSPS) is 16.4. The van der Waals surface area contributed by atoms with Crippen LogP contribution >= 0.6 is 12.2 Å². The molecule has 0 atom stereocenters. The second kappa shape index (κ2) is 6.22. The van der Waals surface area contributed by atoms with E-state index in [1.165, 1.54) is 0 Å². The maximum absolute atomic E-state index is 11.5. The number of amides is 1. The summed E-state index contributed by atoms with van der Waals surface area (Å²) in [7, 11) is 0. The molecule has 0 saturated carbocycles. The van der Waals surface area contributed by atoms with Gasteiger partial charge in [0.05, 0.1) is 6.61 Å². The van der Waals surface area contributed by atoms with Crippen LogP contribution in [0.1, 0.15) is 27.7 Å². The molecule has 0 radical (unpaired) electrons. The average molecular weight is 273 g/mol. The quantitative estimate of drug-likeness (QED) is 0.732. The molecular weight excluding hydrogens is 250 g/mol. The Bertz CT molecular complexity index is 307. The van der Waals surface area contributed by atoms with Crippen molar-refractivity contribution in [2.45, 2.75) is 33.2 Å². The summed E-state index contributed by atoms with van der Waals surface area (Å²) >= 11 is 5.36. The van der Waals surface area contributed by atoms with E-state index in [2.05, 4.69) is 31.0 Å². The molecule has 6 heteroatoms. The van der Waals surface area contributed by atoms with Gasteiger partial charge < -0.3 is 19.9 Å². The van der Waals surface area contributed by atoms with Gasteiger partial charge in [0, 0.05) is 31.7 Å². The predicted molar refractivity (Wildman–Crippen MR) is 75.7 cm³/mol. The summed E-state index contributed by atoms with van der Waals surface area (Å²) in [4.78, 5) is 15.4. The summed E-state index contributed by atoms with van der Waals surface area (Å²) < 4.78 is 4.98. The number of rotatable bonds is 1. The van der Waals surface area contributed by atoms with Gasteiger partial charge in [-0.05, 0) is 39.9 Å². The smallest absolute Gasteiger partial charge is 0.409 e. The highest BCUT2D eigenvalue weighted by Crippen LogP contribution is 2.07. The topological polar surface area (TPSA) is 44.8 Å². The molecular formula is C12H23N3O2S. The third-order valence-corrected chi connectivity index (χ3v) is 2.94. The Morgan fingerprint density at radius 1 is 1.22 bits per heavy atom. The van der Waals surface area contributed by atoms with Gasteiger partial charge in [0.15, 0.2) is 5.11 Å². The van der Waals surface area contributed by atoms with Crippen LogP contribution in [-0.4, -0.2) is 59.3 Å². The summed E-state index contributed by atoms with van der Waals surface area (Å²) in [5.41, 5.74) is -0.0324. The third kappa shape index (κ3) is 4.68. The van der Waals surface area contributed by atoms with E-state index >= 15 is 0 Å². The summed E-state index contributed by atoms with van der Waals surface area (Å²) in [6.07, 6.45) is -0.230. The Morgan fingerprint density at radius 2 is 1.72 bits per heavy atom. The lowest BCUT2D eigenvalue weighted by atomic mass is 10.1. The molecule has 1 amide bonds. The summed E-state index contributed by atoms with van der Waals surface area (Å²) in [6, 6.07) is 0. The maximum Gasteiger partial charge on any atom is 0.409 e. The van der Waals surface area contributed by atoms with Crippen molar-refractivity contribution in [3.05, 3.63) is 0 Å². The number of nitrogens with zero attached hydrogens (tertiary/aromatic N) is 2. The van der Waals surface area contributed by atoms with Crippen molar-refractivity contribution in [2.24, 2.45) is 0 Å². The van der Waals surface area contributed by atoms with Gasteiger partial charge in [-0.15, -0.1) is 0 Å². The molecule has 1 heterocycles. The van der Waals surface area contributed by atoms with Crippen LogP contribution in [0.3, 0.4) is 0 Å². The average Bonchev–Trinajstić information content (AvgIpc) is 2.27. The lowest BCUT2D eigenvalue weighted by Gasteiger charge is -2.37. The van der Waals surface area contributed by atoms with Crippen molar-refractivity contribution in [1.29, 1.82) is 0 Å². The van der Waals surface area contributed by atoms with Crippen LogP contribution in [0.4, 0.5) is 4.79 Å². The van der Waals surface area contributed by atoms with Crippen LogP contribution in [0.25, 0.3) is 0 Å². The van der Waals surface area contributed by atoms with E-state index in [1.54, 1.807) is 4.90 Å². The second-order valence-electron chi connectivity index (χ2n) is 5.35. The first-order valence-corrected chi connectivity index (χ1v) is 6.73. The lowest BCUT2D eigenvalue weighted by molar-refractivity contribution is 0.0916. The van der Waals surface area contributed by atoms with E-state index < -0.39 is 0 Å². The van der Waals surface area contributed by atoms with Gasteiger partial charge in [0.1, 0.15) is 0 Å². The largest absolute Gasteiger partial charge is 0.450 e. The van der Waals surface area contributed by atoms with Gasteiger partial charge in [-0.25, -0.2) is 4.79 Å². The molecule has 1 aliphatic heterocycles. The summed E-state index contributed by atoms with van der Waals surface area (Å²) in [6.45, 7) is 11.3. The number of ether oxygens (including phenoxy) is 1. The minimum Gasteiger partial charge on any atom is -0.450 e. The van der Waals surface area contributed by atoms with Gasteiger partial charge in [0.25, 0.3) is 0 Å². The zero-order chi connectivity index (χ0) is 13.8. The Balaban J connectivity index is 2.39. The first-order valence-electron chi connectivity index (χ1n) is 6.32. The number of nitrogens with one attached hydrogen (secondary N) is 1. The van der Waals surface area contributed by atoms with E-state index in [4.69, 9.17) is 17.0 Å². The van der Waals surface area contributed by atoms with Gasteiger partial charge >= 0.3 is 6.09 Å². The number of thiocarbonyl (C=S) groups is 1. The van der Waals surface area contributed by atoms with E-state index in [1.807, 2.05) is 6.92 Å². The monoisotopic (exact) mass is 273 g/mol. The molecule has 0 aliphatic carbocycles. The molecule has 0 aromatic carbocycles. The third-order valence-electron chi connectivity index (χ3n) is 2.57. The number of piperazine rings is 1. The molecule has 1 rings (SSSR count). The Hall–Kier alpha value is -1.04. The first kappa shape index (κ1) is 15.0. The molecule has 0 aromatic rings. The highest BCUT2D eigenvalue weighted by molar-refractivity contribution is 7.80. The Morgan fingerprint density at radius 3 is 2.17 bits per heavy atom. The van der Waals surface area contributed by atoms with Crippen molar-refractivity contribution in [3.8, 4) is 0 Å². The molecule has 1 N–H and O–H groups in total. The van der Waals surface area contributed by atoms with Gasteiger partial charge in [-0.1, -0.05) is 0 Å². The van der Waals surface area contributed by atoms with Gasteiger partial charge in [-0.3, -0.25) is 0 Å². The molecule has 1 saturated heterocycles. The number of carbonyl (C=O) groups is 1. The molecule has 0 unspecified atom stereocenters. The lowest BCUT2D eigenvalue weighted by Crippen LogP contribution is -2.55. The number of hydrogen-bond donors (Lipinski definition) is 1. The highest BCUT2D eigenvalue weighted by Gasteiger charge is 2.24. The molecule has 1 aliphatic rings. The second-order valence-corrected chi connectivity index (χ2v) is 5.74. The molecule has 0 aromatic heterocycles. The van der Waals surface area contributed by atoms with Gasteiger partial charge in [0.2, 0.25) is 0 Å². The van der Waals surface area contributed by atoms with E-state index in [0.29, 0.717) is 19.7 Å². The Labute approximate surface area is 114 Å². The van der Waals surface area contributed by atoms with E-state index in [-0.39, 0.29) is 11.6 Å². The fourth-order valence-corrected chi connectivity index (χ4v) is 2.20. The van der Waals surface area contributed by atoms with E-state index in [9.17, 15) is 4.79 Å². The maximum atomic E-state index is 11.5. The number of hydrogen-bond acceptors (Lipinski definition) is 3.